The molecule has 0 aliphatic heterocycles. The minimum Gasteiger partial charge on any atom is -0.388 e. The van der Waals surface area contributed by atoms with E-state index >= 15 is 0 Å². The molecule has 0 fully saturated rings. The van der Waals surface area contributed by atoms with Crippen LogP contribution in [0.25, 0.3) is 0 Å². The minimum absolute atomic E-state index is 0.157. The van der Waals surface area contributed by atoms with Crippen LogP contribution < -0.4 is 5.32 Å². The highest BCUT2D eigenvalue weighted by Gasteiger charge is 2.09. The maximum Gasteiger partial charge on any atom is 0.251 e. The van der Waals surface area contributed by atoms with Crippen molar-refractivity contribution < 1.29 is 9.90 Å². The number of carbonyl (C=O) groups is 1. The average Bonchev–Trinajstić information content (AvgIpc) is 2.93. The number of aliphatic hydroxyl groups is 1. The van der Waals surface area contributed by atoms with Crippen molar-refractivity contribution in [2.24, 2.45) is 0 Å². The number of amides is 1. The lowest BCUT2D eigenvalue weighted by Gasteiger charge is -2.09. The molecule has 0 spiro atoms. The molecule has 1 unspecified atom stereocenters. The van der Waals surface area contributed by atoms with E-state index in [1.165, 1.54) is 11.3 Å². The summed E-state index contributed by atoms with van der Waals surface area (Å²) < 4.78 is 0. The van der Waals surface area contributed by atoms with Crippen molar-refractivity contribution in [2.45, 2.75) is 12.5 Å². The summed E-state index contributed by atoms with van der Waals surface area (Å²) in [4.78, 5) is 12.7. The van der Waals surface area contributed by atoms with Gasteiger partial charge in [-0.3, -0.25) is 4.79 Å². The first-order valence-corrected chi connectivity index (χ1v) is 7.18. The Morgan fingerprint density at radius 3 is 2.68 bits per heavy atom. The van der Waals surface area contributed by atoms with Gasteiger partial charge in [-0.1, -0.05) is 17.7 Å². The summed E-state index contributed by atoms with van der Waals surface area (Å²) in [5.74, 6) is -0.157. The summed E-state index contributed by atoms with van der Waals surface area (Å²) in [6.45, 7) is 0.431. The van der Waals surface area contributed by atoms with Crippen LogP contribution in [0, 0.1) is 0 Å². The van der Waals surface area contributed by atoms with Gasteiger partial charge >= 0.3 is 0 Å². The van der Waals surface area contributed by atoms with Crippen LogP contribution in [0.15, 0.2) is 41.8 Å². The van der Waals surface area contributed by atoms with Crippen molar-refractivity contribution in [3.63, 3.8) is 0 Å². The normalized spacial score (nSPS) is 12.1. The first-order valence-electron chi connectivity index (χ1n) is 5.92. The molecule has 0 aliphatic carbocycles. The van der Waals surface area contributed by atoms with Crippen molar-refractivity contribution >= 4 is 28.8 Å². The molecule has 2 aromatic rings. The van der Waals surface area contributed by atoms with Crippen LogP contribution in [0.1, 0.15) is 27.8 Å². The van der Waals surface area contributed by atoms with Gasteiger partial charge in [-0.25, -0.2) is 0 Å². The van der Waals surface area contributed by atoms with Crippen molar-refractivity contribution in [1.29, 1.82) is 0 Å². The highest BCUT2D eigenvalue weighted by molar-refractivity contribution is 7.10. The number of hydrogen-bond donors (Lipinski definition) is 2. The molecule has 1 amide bonds. The Morgan fingerprint density at radius 1 is 1.32 bits per heavy atom. The van der Waals surface area contributed by atoms with E-state index in [4.69, 9.17) is 11.6 Å². The first-order chi connectivity index (χ1) is 9.16. The number of benzene rings is 1. The molecule has 0 bridgehead atoms. The molecule has 5 heteroatoms. The fourth-order valence-corrected chi connectivity index (χ4v) is 2.52. The van der Waals surface area contributed by atoms with Crippen molar-refractivity contribution in [2.75, 3.05) is 6.54 Å². The van der Waals surface area contributed by atoms with Gasteiger partial charge in [0.25, 0.3) is 5.91 Å². The molecule has 2 N–H and O–H groups in total. The Kier molecular flexibility index (Phi) is 4.96. The van der Waals surface area contributed by atoms with Crippen LogP contribution in [-0.4, -0.2) is 17.6 Å². The van der Waals surface area contributed by atoms with Gasteiger partial charge in [-0.15, -0.1) is 11.3 Å². The largest absolute Gasteiger partial charge is 0.388 e. The van der Waals surface area contributed by atoms with E-state index < -0.39 is 6.10 Å². The SMILES string of the molecule is O=C(NCCC(O)c1cccs1)c1ccc(Cl)cc1. The Labute approximate surface area is 120 Å². The van der Waals surface area contributed by atoms with Gasteiger partial charge in [-0.2, -0.15) is 0 Å². The van der Waals surface area contributed by atoms with E-state index in [0.29, 0.717) is 23.6 Å². The molecule has 1 aromatic carbocycles. The average molecular weight is 296 g/mol. The topological polar surface area (TPSA) is 49.3 Å². The fourth-order valence-electron chi connectivity index (χ4n) is 1.65. The second-order valence-corrected chi connectivity index (χ2v) is 5.50. The lowest BCUT2D eigenvalue weighted by molar-refractivity contribution is 0.0943. The monoisotopic (exact) mass is 295 g/mol. The maximum atomic E-state index is 11.8. The van der Waals surface area contributed by atoms with E-state index in [9.17, 15) is 9.90 Å². The molecule has 2 rings (SSSR count). The summed E-state index contributed by atoms with van der Waals surface area (Å²) in [5, 5.41) is 15.2. The minimum atomic E-state index is -0.523. The lowest BCUT2D eigenvalue weighted by Crippen LogP contribution is -2.25. The molecular weight excluding hydrogens is 282 g/mol. The zero-order valence-electron chi connectivity index (χ0n) is 10.2. The highest BCUT2D eigenvalue weighted by atomic mass is 35.5. The summed E-state index contributed by atoms with van der Waals surface area (Å²) in [6.07, 6.45) is -0.0228. The van der Waals surface area contributed by atoms with E-state index in [1.807, 2.05) is 17.5 Å². The molecule has 3 nitrogen and oxygen atoms in total. The number of halogens is 1. The highest BCUT2D eigenvalue weighted by Crippen LogP contribution is 2.20. The Balaban J connectivity index is 1.79. The molecule has 1 atom stereocenters. The molecule has 19 heavy (non-hydrogen) atoms. The van der Waals surface area contributed by atoms with E-state index in [0.717, 1.165) is 4.88 Å². The molecule has 1 aromatic heterocycles. The van der Waals surface area contributed by atoms with Crippen LogP contribution in [0.3, 0.4) is 0 Å². The molecule has 100 valence electrons. The quantitative estimate of drug-likeness (QED) is 0.889. The predicted octanol–water partition coefficient (Wildman–Crippen LogP) is 3.26. The van der Waals surface area contributed by atoms with Crippen molar-refractivity contribution in [3.05, 3.63) is 57.2 Å². The van der Waals surface area contributed by atoms with E-state index in [1.54, 1.807) is 24.3 Å². The summed E-state index contributed by atoms with van der Waals surface area (Å²) in [6, 6.07) is 10.5. The molecule has 0 saturated heterocycles. The number of aliphatic hydroxyl groups excluding tert-OH is 1. The zero-order chi connectivity index (χ0) is 13.7. The molecule has 0 aliphatic rings. The summed E-state index contributed by atoms with van der Waals surface area (Å²) in [7, 11) is 0. The number of carbonyl (C=O) groups excluding carboxylic acids is 1. The lowest BCUT2D eigenvalue weighted by atomic mass is 10.2. The van der Waals surface area contributed by atoms with E-state index in [2.05, 4.69) is 5.32 Å². The van der Waals surface area contributed by atoms with Crippen LogP contribution in [0.2, 0.25) is 5.02 Å². The number of rotatable bonds is 5. The van der Waals surface area contributed by atoms with Crippen LogP contribution in [0.4, 0.5) is 0 Å². The zero-order valence-corrected chi connectivity index (χ0v) is 11.7. The van der Waals surface area contributed by atoms with Gasteiger partial charge in [0.15, 0.2) is 0 Å². The Hall–Kier alpha value is -1.36. The second kappa shape index (κ2) is 6.70. The number of thiophene rings is 1. The molecular formula is C14H14ClNO2S. The smallest absolute Gasteiger partial charge is 0.251 e. The molecule has 1 heterocycles. The van der Waals surface area contributed by atoms with Crippen molar-refractivity contribution in [1.82, 2.24) is 5.32 Å². The van der Waals surface area contributed by atoms with Gasteiger partial charge in [-0.05, 0) is 42.1 Å². The summed E-state index contributed by atoms with van der Waals surface area (Å²) >= 11 is 7.27. The fraction of sp³-hybridized carbons (Fsp3) is 0.214. The van der Waals surface area contributed by atoms with Gasteiger partial charge in [0.2, 0.25) is 0 Å². The maximum absolute atomic E-state index is 11.8. The number of nitrogens with one attached hydrogen (secondary N) is 1. The van der Waals surface area contributed by atoms with Gasteiger partial charge in [0.1, 0.15) is 0 Å². The van der Waals surface area contributed by atoms with Gasteiger partial charge in [0, 0.05) is 22.0 Å². The third-order valence-corrected chi connectivity index (χ3v) is 3.91. The Bertz CT molecular complexity index is 525. The first kappa shape index (κ1) is 14.1. The van der Waals surface area contributed by atoms with Crippen LogP contribution >= 0.6 is 22.9 Å². The predicted molar refractivity (Wildman–Crippen MR) is 77.7 cm³/mol. The van der Waals surface area contributed by atoms with Crippen molar-refractivity contribution in [3.8, 4) is 0 Å². The Morgan fingerprint density at radius 2 is 2.05 bits per heavy atom. The third kappa shape index (κ3) is 4.06. The van der Waals surface area contributed by atoms with Gasteiger partial charge in [0.05, 0.1) is 6.10 Å². The standard InChI is InChI=1S/C14H14ClNO2S/c15-11-5-3-10(4-6-11)14(18)16-8-7-12(17)13-2-1-9-19-13/h1-6,9,12,17H,7-8H2,(H,16,18). The summed E-state index contributed by atoms with van der Waals surface area (Å²) in [5.41, 5.74) is 0.565. The second-order valence-electron chi connectivity index (χ2n) is 4.08. The molecule has 0 saturated carbocycles. The van der Waals surface area contributed by atoms with Gasteiger partial charge < -0.3 is 10.4 Å². The third-order valence-electron chi connectivity index (χ3n) is 2.68. The van der Waals surface area contributed by atoms with Crippen LogP contribution in [0.5, 0.6) is 0 Å². The number of hydrogen-bond acceptors (Lipinski definition) is 3. The van der Waals surface area contributed by atoms with Crippen LogP contribution in [-0.2, 0) is 0 Å². The van der Waals surface area contributed by atoms with E-state index in [-0.39, 0.29) is 5.91 Å². The molecule has 0 radical (unpaired) electrons.